The van der Waals surface area contributed by atoms with Crippen molar-refractivity contribution in [2.75, 3.05) is 44.4 Å². The number of nitrogen functional groups attached to an aromatic ring is 1. The number of hydrogen-bond donors (Lipinski definition) is 2. The normalized spacial score (nSPS) is 16.6. The fourth-order valence-electron chi connectivity index (χ4n) is 2.55. The maximum Gasteiger partial charge on any atom is 0.229 e. The minimum Gasteiger partial charge on any atom is -0.368 e. The van der Waals surface area contributed by atoms with Crippen molar-refractivity contribution >= 4 is 11.9 Å². The van der Waals surface area contributed by atoms with Gasteiger partial charge in [0.1, 0.15) is 5.82 Å². The molecule has 0 aromatic carbocycles. The molecule has 0 amide bonds. The van der Waals surface area contributed by atoms with Gasteiger partial charge in [-0.05, 0) is 32.5 Å². The molecule has 1 aliphatic rings. The summed E-state index contributed by atoms with van der Waals surface area (Å²) in [6, 6.07) is 0.599. The van der Waals surface area contributed by atoms with Crippen LogP contribution in [0.1, 0.15) is 25.6 Å². The largest absolute Gasteiger partial charge is 0.368 e. The Kier molecular flexibility index (Phi) is 5.08. The standard InChI is InChI=1S/C13H25N7/c1-4-20(10-5-7-15-8-6-10)9-11-16-12(14)18-13(17-11)19(2)3/h10,15H,4-9H2,1-3H3,(H2,14,16,17,18). The van der Waals surface area contributed by atoms with E-state index in [1.165, 1.54) is 12.8 Å². The third-order valence-corrected chi connectivity index (χ3v) is 3.66. The van der Waals surface area contributed by atoms with Gasteiger partial charge >= 0.3 is 0 Å². The summed E-state index contributed by atoms with van der Waals surface area (Å²) in [5.74, 6) is 1.66. The predicted molar refractivity (Wildman–Crippen MR) is 80.5 cm³/mol. The van der Waals surface area contributed by atoms with Gasteiger partial charge < -0.3 is 16.0 Å². The van der Waals surface area contributed by atoms with E-state index < -0.39 is 0 Å². The molecule has 7 heteroatoms. The molecule has 0 aliphatic carbocycles. The molecule has 3 N–H and O–H groups in total. The topological polar surface area (TPSA) is 83.2 Å². The van der Waals surface area contributed by atoms with Crippen molar-refractivity contribution in [1.29, 1.82) is 0 Å². The lowest BCUT2D eigenvalue weighted by Crippen LogP contribution is -2.43. The average molecular weight is 279 g/mol. The SMILES string of the molecule is CCN(Cc1nc(N)nc(N(C)C)n1)C1CCNCC1. The van der Waals surface area contributed by atoms with Gasteiger partial charge in [-0.3, -0.25) is 4.90 Å². The second-order valence-corrected chi connectivity index (χ2v) is 5.35. The van der Waals surface area contributed by atoms with Crippen molar-refractivity contribution < 1.29 is 0 Å². The van der Waals surface area contributed by atoms with E-state index in [1.54, 1.807) is 0 Å². The minimum atomic E-state index is 0.292. The van der Waals surface area contributed by atoms with Crippen LogP contribution in [-0.4, -0.2) is 59.6 Å². The van der Waals surface area contributed by atoms with Crippen LogP contribution in [0.15, 0.2) is 0 Å². The van der Waals surface area contributed by atoms with Crippen molar-refractivity contribution in [2.24, 2.45) is 0 Å². The van der Waals surface area contributed by atoms with Crippen LogP contribution in [0.25, 0.3) is 0 Å². The molecule has 0 atom stereocenters. The summed E-state index contributed by atoms with van der Waals surface area (Å²) < 4.78 is 0. The summed E-state index contributed by atoms with van der Waals surface area (Å²) in [5, 5.41) is 3.40. The Bertz CT molecular complexity index is 429. The molecule has 7 nitrogen and oxygen atoms in total. The lowest BCUT2D eigenvalue weighted by molar-refractivity contribution is 0.158. The van der Waals surface area contributed by atoms with Crippen molar-refractivity contribution in [1.82, 2.24) is 25.2 Å². The Hall–Kier alpha value is -1.47. The molecule has 1 saturated heterocycles. The molecule has 20 heavy (non-hydrogen) atoms. The average Bonchev–Trinajstić information content (AvgIpc) is 2.45. The summed E-state index contributed by atoms with van der Waals surface area (Å²) >= 11 is 0. The summed E-state index contributed by atoms with van der Waals surface area (Å²) in [6.07, 6.45) is 2.35. The van der Waals surface area contributed by atoms with E-state index in [0.29, 0.717) is 17.9 Å². The molecule has 0 radical (unpaired) electrons. The number of anilines is 2. The third-order valence-electron chi connectivity index (χ3n) is 3.66. The zero-order chi connectivity index (χ0) is 14.5. The van der Waals surface area contributed by atoms with E-state index in [9.17, 15) is 0 Å². The van der Waals surface area contributed by atoms with Gasteiger partial charge in [0.15, 0.2) is 0 Å². The molecule has 0 saturated carbocycles. The number of nitrogens with two attached hydrogens (primary N) is 1. The van der Waals surface area contributed by atoms with Crippen LogP contribution in [-0.2, 0) is 6.54 Å². The van der Waals surface area contributed by atoms with Crippen molar-refractivity contribution in [3.8, 4) is 0 Å². The van der Waals surface area contributed by atoms with E-state index in [-0.39, 0.29) is 0 Å². The van der Waals surface area contributed by atoms with Crippen LogP contribution in [0.3, 0.4) is 0 Å². The highest BCUT2D eigenvalue weighted by Crippen LogP contribution is 2.15. The van der Waals surface area contributed by atoms with Crippen LogP contribution in [0, 0.1) is 0 Å². The zero-order valence-electron chi connectivity index (χ0n) is 12.6. The maximum absolute atomic E-state index is 5.78. The second kappa shape index (κ2) is 6.81. The van der Waals surface area contributed by atoms with E-state index >= 15 is 0 Å². The predicted octanol–water partition coefficient (Wildman–Crippen LogP) is 0.0937. The van der Waals surface area contributed by atoms with Crippen LogP contribution in [0.4, 0.5) is 11.9 Å². The van der Waals surface area contributed by atoms with Crippen molar-refractivity contribution in [3.63, 3.8) is 0 Å². The first kappa shape index (κ1) is 14.9. The molecule has 1 aliphatic heterocycles. The molecule has 1 aromatic heterocycles. The fourth-order valence-corrected chi connectivity index (χ4v) is 2.55. The number of nitrogens with one attached hydrogen (secondary N) is 1. The van der Waals surface area contributed by atoms with E-state index in [0.717, 1.165) is 32.0 Å². The lowest BCUT2D eigenvalue weighted by Gasteiger charge is -2.33. The molecule has 0 spiro atoms. The Morgan fingerprint density at radius 1 is 1.20 bits per heavy atom. The second-order valence-electron chi connectivity index (χ2n) is 5.35. The van der Waals surface area contributed by atoms with Crippen LogP contribution < -0.4 is 16.0 Å². The van der Waals surface area contributed by atoms with E-state index in [2.05, 4.69) is 32.1 Å². The molecule has 112 valence electrons. The quantitative estimate of drug-likeness (QED) is 0.790. The van der Waals surface area contributed by atoms with E-state index in [1.807, 2.05) is 19.0 Å². The van der Waals surface area contributed by atoms with Crippen LogP contribution in [0.2, 0.25) is 0 Å². The first-order valence-electron chi connectivity index (χ1n) is 7.22. The minimum absolute atomic E-state index is 0.292. The Morgan fingerprint density at radius 2 is 1.90 bits per heavy atom. The summed E-state index contributed by atoms with van der Waals surface area (Å²) in [5.41, 5.74) is 5.78. The lowest BCUT2D eigenvalue weighted by atomic mass is 10.0. The molecule has 0 bridgehead atoms. The monoisotopic (exact) mass is 279 g/mol. The number of rotatable bonds is 5. The van der Waals surface area contributed by atoms with E-state index in [4.69, 9.17) is 5.73 Å². The van der Waals surface area contributed by atoms with Gasteiger partial charge in [-0.1, -0.05) is 6.92 Å². The molecular weight excluding hydrogens is 254 g/mol. The Labute approximate surface area is 120 Å². The molecule has 1 aromatic rings. The van der Waals surface area contributed by atoms with Gasteiger partial charge in [-0.15, -0.1) is 0 Å². The first-order chi connectivity index (χ1) is 9.60. The van der Waals surface area contributed by atoms with Crippen molar-refractivity contribution in [2.45, 2.75) is 32.4 Å². The maximum atomic E-state index is 5.78. The van der Waals surface area contributed by atoms with Crippen LogP contribution >= 0.6 is 0 Å². The van der Waals surface area contributed by atoms with Gasteiger partial charge in [-0.2, -0.15) is 15.0 Å². The molecule has 0 unspecified atom stereocenters. The summed E-state index contributed by atoms with van der Waals surface area (Å²) in [7, 11) is 3.81. The van der Waals surface area contributed by atoms with Gasteiger partial charge in [0.2, 0.25) is 11.9 Å². The van der Waals surface area contributed by atoms with Gasteiger partial charge in [0.05, 0.1) is 6.54 Å². The molecule has 2 heterocycles. The highest BCUT2D eigenvalue weighted by atomic mass is 15.3. The highest BCUT2D eigenvalue weighted by molar-refractivity contribution is 5.32. The Balaban J connectivity index is 2.10. The summed E-state index contributed by atoms with van der Waals surface area (Å²) in [4.78, 5) is 17.2. The molecular formula is C13H25N7. The number of aromatic nitrogens is 3. The highest BCUT2D eigenvalue weighted by Gasteiger charge is 2.21. The molecule has 2 rings (SSSR count). The smallest absolute Gasteiger partial charge is 0.229 e. The van der Waals surface area contributed by atoms with Gasteiger partial charge in [0, 0.05) is 20.1 Å². The van der Waals surface area contributed by atoms with Gasteiger partial charge in [0.25, 0.3) is 0 Å². The Morgan fingerprint density at radius 3 is 2.50 bits per heavy atom. The molecule has 1 fully saturated rings. The number of piperidine rings is 1. The number of nitrogens with zero attached hydrogens (tertiary/aromatic N) is 5. The van der Waals surface area contributed by atoms with Crippen molar-refractivity contribution in [3.05, 3.63) is 5.82 Å². The summed E-state index contributed by atoms with van der Waals surface area (Å²) in [6.45, 7) is 6.08. The number of hydrogen-bond acceptors (Lipinski definition) is 7. The van der Waals surface area contributed by atoms with Crippen LogP contribution in [0.5, 0.6) is 0 Å². The first-order valence-corrected chi connectivity index (χ1v) is 7.22. The fraction of sp³-hybridized carbons (Fsp3) is 0.769. The zero-order valence-corrected chi connectivity index (χ0v) is 12.6. The third kappa shape index (κ3) is 3.77. The van der Waals surface area contributed by atoms with Gasteiger partial charge in [-0.25, -0.2) is 0 Å².